The number of piperazine rings is 1. The molecule has 0 spiro atoms. The van der Waals surface area contributed by atoms with E-state index in [-0.39, 0.29) is 30.8 Å². The molecule has 1 aromatic carbocycles. The smallest absolute Gasteiger partial charge is 0.308 e. The highest BCUT2D eigenvalue weighted by Gasteiger charge is 2.31. The topological polar surface area (TPSA) is 50.8 Å². The Morgan fingerprint density at radius 3 is 2.48 bits per heavy atom. The van der Waals surface area contributed by atoms with E-state index in [1.165, 1.54) is 31.7 Å². The molecule has 1 aliphatic carbocycles. The van der Waals surface area contributed by atoms with E-state index in [9.17, 15) is 4.79 Å². The van der Waals surface area contributed by atoms with Gasteiger partial charge in [0.05, 0.1) is 7.11 Å². The van der Waals surface area contributed by atoms with Gasteiger partial charge >= 0.3 is 5.97 Å². The van der Waals surface area contributed by atoms with E-state index in [0.717, 1.165) is 32.1 Å². The quantitative estimate of drug-likeness (QED) is 0.596. The van der Waals surface area contributed by atoms with Gasteiger partial charge in [0.2, 0.25) is 0 Å². The summed E-state index contributed by atoms with van der Waals surface area (Å²) in [5.41, 5.74) is 1.26. The fourth-order valence-corrected chi connectivity index (χ4v) is 3.29. The van der Waals surface area contributed by atoms with E-state index in [2.05, 4.69) is 16.3 Å². The van der Waals surface area contributed by atoms with Gasteiger partial charge in [-0.15, -0.1) is 24.8 Å². The van der Waals surface area contributed by atoms with Crippen molar-refractivity contribution in [2.24, 2.45) is 5.92 Å². The van der Waals surface area contributed by atoms with Gasteiger partial charge in [-0.05, 0) is 30.0 Å². The molecule has 1 aromatic rings. The first kappa shape index (κ1) is 22.0. The largest absolute Gasteiger partial charge is 0.493 e. The maximum atomic E-state index is 11.2. The molecular formula is C18H28Cl2N2O3. The van der Waals surface area contributed by atoms with Crippen LogP contribution in [0.2, 0.25) is 0 Å². The molecule has 2 fully saturated rings. The highest BCUT2D eigenvalue weighted by molar-refractivity contribution is 5.85. The van der Waals surface area contributed by atoms with E-state index in [1.807, 2.05) is 12.1 Å². The Bertz CT molecular complexity index is 561. The van der Waals surface area contributed by atoms with Gasteiger partial charge in [0.25, 0.3) is 0 Å². The van der Waals surface area contributed by atoms with Crippen LogP contribution < -0.4 is 14.8 Å². The average molecular weight is 391 g/mol. The third-order valence-electron chi connectivity index (χ3n) is 4.67. The van der Waals surface area contributed by atoms with E-state index in [0.29, 0.717) is 17.5 Å². The van der Waals surface area contributed by atoms with Crippen LogP contribution in [-0.4, -0.2) is 44.2 Å². The predicted molar refractivity (Wildman–Crippen MR) is 103 cm³/mol. The molecule has 3 rings (SSSR count). The molecule has 1 heterocycles. The highest BCUT2D eigenvalue weighted by Crippen LogP contribution is 2.41. The number of nitrogens with one attached hydrogen (secondary N) is 1. The van der Waals surface area contributed by atoms with Crippen LogP contribution in [0.3, 0.4) is 0 Å². The van der Waals surface area contributed by atoms with Gasteiger partial charge in [-0.3, -0.25) is 9.69 Å². The zero-order valence-electron chi connectivity index (χ0n) is 14.8. The Morgan fingerprint density at radius 1 is 1.24 bits per heavy atom. The number of halogens is 2. The summed E-state index contributed by atoms with van der Waals surface area (Å²) in [6.07, 6.45) is 3.91. The predicted octanol–water partition coefficient (Wildman–Crippen LogP) is 3.21. The van der Waals surface area contributed by atoms with Crippen molar-refractivity contribution in [3.05, 3.63) is 23.8 Å². The minimum atomic E-state index is -0.326. The summed E-state index contributed by atoms with van der Waals surface area (Å²) < 4.78 is 10.7. The minimum Gasteiger partial charge on any atom is -0.493 e. The van der Waals surface area contributed by atoms with Gasteiger partial charge in [0.1, 0.15) is 0 Å². The number of ether oxygens (including phenoxy) is 2. The lowest BCUT2D eigenvalue weighted by molar-refractivity contribution is -0.132. The van der Waals surface area contributed by atoms with Gasteiger partial charge < -0.3 is 14.8 Å². The zero-order valence-corrected chi connectivity index (χ0v) is 16.5. The minimum absolute atomic E-state index is 0. The van der Waals surface area contributed by atoms with Crippen molar-refractivity contribution in [2.45, 2.75) is 32.2 Å². The lowest BCUT2D eigenvalue weighted by Gasteiger charge is -2.35. The summed E-state index contributed by atoms with van der Waals surface area (Å²) in [5, 5.41) is 3.42. The molecule has 1 atom stereocenters. The summed E-state index contributed by atoms with van der Waals surface area (Å²) in [6, 6.07) is 6.39. The molecule has 7 heteroatoms. The number of rotatable bonds is 6. The molecule has 0 amide bonds. The number of benzene rings is 1. The molecule has 1 saturated heterocycles. The number of nitrogens with zero attached hydrogens (tertiary/aromatic N) is 1. The van der Waals surface area contributed by atoms with Gasteiger partial charge in [-0.1, -0.05) is 18.9 Å². The summed E-state index contributed by atoms with van der Waals surface area (Å²) >= 11 is 0. The second-order valence-corrected chi connectivity index (χ2v) is 6.48. The summed E-state index contributed by atoms with van der Waals surface area (Å²) in [6.45, 7) is 5.65. The number of hydrogen-bond donors (Lipinski definition) is 1. The zero-order chi connectivity index (χ0) is 16.2. The van der Waals surface area contributed by atoms with Crippen molar-refractivity contribution in [3.63, 3.8) is 0 Å². The van der Waals surface area contributed by atoms with Crippen LogP contribution in [0.15, 0.2) is 18.2 Å². The molecule has 5 nitrogen and oxygen atoms in total. The first-order chi connectivity index (χ1) is 11.2. The van der Waals surface area contributed by atoms with Crippen LogP contribution in [0, 0.1) is 5.92 Å². The first-order valence-electron chi connectivity index (χ1n) is 8.48. The van der Waals surface area contributed by atoms with Crippen molar-refractivity contribution in [3.8, 4) is 11.5 Å². The number of carbonyl (C=O) groups excluding carboxylic acids is 1. The molecule has 1 N–H and O–H groups in total. The first-order valence-corrected chi connectivity index (χ1v) is 8.48. The van der Waals surface area contributed by atoms with Crippen LogP contribution in [0.1, 0.15) is 37.8 Å². The normalized spacial score (nSPS) is 18.5. The van der Waals surface area contributed by atoms with Crippen LogP contribution in [0.5, 0.6) is 11.5 Å². The molecule has 142 valence electrons. The van der Waals surface area contributed by atoms with Crippen molar-refractivity contribution in [1.82, 2.24) is 10.2 Å². The van der Waals surface area contributed by atoms with E-state index < -0.39 is 0 Å². The standard InChI is InChI=1S/C18H26N2O3.2ClH/c1-13(21)23-17-6-5-15(12-18(17)22-2)16(11-14-3-4-14)20-9-7-19-8-10-20;;/h5-6,12,14,16,19H,3-4,7-11H2,1-2H3;2*1H/t16-;;/m1../s1. The Hall–Kier alpha value is -1.01. The van der Waals surface area contributed by atoms with Gasteiger partial charge in [0.15, 0.2) is 11.5 Å². The van der Waals surface area contributed by atoms with E-state index >= 15 is 0 Å². The Kier molecular flexibility index (Phi) is 9.00. The maximum Gasteiger partial charge on any atom is 0.308 e. The maximum absolute atomic E-state index is 11.2. The second kappa shape index (κ2) is 10.2. The Labute approximate surface area is 162 Å². The van der Waals surface area contributed by atoms with Crippen LogP contribution in [0.4, 0.5) is 0 Å². The van der Waals surface area contributed by atoms with Crippen LogP contribution >= 0.6 is 24.8 Å². The monoisotopic (exact) mass is 390 g/mol. The molecule has 2 aliphatic rings. The molecule has 0 bridgehead atoms. The second-order valence-electron chi connectivity index (χ2n) is 6.48. The molecule has 0 radical (unpaired) electrons. The third kappa shape index (κ3) is 6.03. The van der Waals surface area contributed by atoms with Crippen molar-refractivity contribution in [1.29, 1.82) is 0 Å². The fraction of sp³-hybridized carbons (Fsp3) is 0.611. The van der Waals surface area contributed by atoms with Gasteiger partial charge in [-0.2, -0.15) is 0 Å². The van der Waals surface area contributed by atoms with Gasteiger partial charge in [-0.25, -0.2) is 0 Å². The summed E-state index contributed by atoms with van der Waals surface area (Å²) in [7, 11) is 1.62. The lowest BCUT2D eigenvalue weighted by Crippen LogP contribution is -2.45. The van der Waals surface area contributed by atoms with Crippen molar-refractivity contribution >= 4 is 30.8 Å². The average Bonchev–Trinajstić information content (AvgIpc) is 3.37. The SMILES string of the molecule is COc1cc([C@@H](CC2CC2)N2CCNCC2)ccc1OC(C)=O.Cl.Cl. The lowest BCUT2D eigenvalue weighted by atomic mass is 9.98. The number of hydrogen-bond acceptors (Lipinski definition) is 5. The molecule has 1 aliphatic heterocycles. The molecular weight excluding hydrogens is 363 g/mol. The number of esters is 1. The van der Waals surface area contributed by atoms with Crippen molar-refractivity contribution in [2.75, 3.05) is 33.3 Å². The van der Waals surface area contributed by atoms with Gasteiger partial charge in [0, 0.05) is 39.1 Å². The van der Waals surface area contributed by atoms with Crippen LogP contribution in [-0.2, 0) is 4.79 Å². The van der Waals surface area contributed by atoms with E-state index in [1.54, 1.807) is 7.11 Å². The number of carbonyl (C=O) groups is 1. The van der Waals surface area contributed by atoms with Crippen LogP contribution in [0.25, 0.3) is 0 Å². The highest BCUT2D eigenvalue weighted by atomic mass is 35.5. The fourth-order valence-electron chi connectivity index (χ4n) is 3.29. The summed E-state index contributed by atoms with van der Waals surface area (Å²) in [4.78, 5) is 13.8. The molecule has 1 saturated carbocycles. The Balaban J connectivity index is 0.00000156. The molecule has 0 aromatic heterocycles. The van der Waals surface area contributed by atoms with E-state index in [4.69, 9.17) is 9.47 Å². The Morgan fingerprint density at radius 2 is 1.92 bits per heavy atom. The molecule has 0 unspecified atom stereocenters. The summed E-state index contributed by atoms with van der Waals surface area (Å²) in [5.74, 6) is 1.66. The van der Waals surface area contributed by atoms with Crippen molar-refractivity contribution < 1.29 is 14.3 Å². The molecule has 25 heavy (non-hydrogen) atoms. The number of methoxy groups -OCH3 is 1. The third-order valence-corrected chi connectivity index (χ3v) is 4.67.